The van der Waals surface area contributed by atoms with Gasteiger partial charge in [0.2, 0.25) is 0 Å². The summed E-state index contributed by atoms with van der Waals surface area (Å²) < 4.78 is 26.3. The van der Waals surface area contributed by atoms with Crippen molar-refractivity contribution in [1.29, 1.82) is 0 Å². The zero-order chi connectivity index (χ0) is 27.1. The number of cyclic esters (lactones) is 1. The van der Waals surface area contributed by atoms with E-state index in [0.717, 1.165) is 11.6 Å². The molecular formula is C26H32O11. The first-order chi connectivity index (χ1) is 17.6. The van der Waals surface area contributed by atoms with Crippen LogP contribution in [0.2, 0.25) is 0 Å². The van der Waals surface area contributed by atoms with Crippen molar-refractivity contribution < 1.29 is 53.7 Å². The number of aromatic hydroxyl groups is 1. The number of phenols is 1. The van der Waals surface area contributed by atoms with E-state index in [0.29, 0.717) is 17.6 Å². The molecule has 4 N–H and O–H groups in total. The van der Waals surface area contributed by atoms with E-state index < -0.39 is 49.3 Å². The number of ether oxygens (including phenoxy) is 5. The Balaban J connectivity index is 1.53. The van der Waals surface area contributed by atoms with Gasteiger partial charge in [-0.25, -0.2) is 9.59 Å². The molecule has 0 spiro atoms. The molecule has 1 aromatic carbocycles. The zero-order valence-electron chi connectivity index (χ0n) is 20.8. The van der Waals surface area contributed by atoms with Crippen LogP contribution in [0.15, 0.2) is 47.6 Å². The van der Waals surface area contributed by atoms with Crippen molar-refractivity contribution >= 4 is 18.0 Å². The van der Waals surface area contributed by atoms with E-state index in [1.165, 1.54) is 31.4 Å². The van der Waals surface area contributed by atoms with Crippen LogP contribution in [0.1, 0.15) is 25.8 Å². The molecule has 11 nitrogen and oxygen atoms in total. The Kier molecular flexibility index (Phi) is 9.84. The molecule has 2 fully saturated rings. The Morgan fingerprint density at radius 1 is 1.16 bits per heavy atom. The van der Waals surface area contributed by atoms with Gasteiger partial charge in [-0.1, -0.05) is 11.6 Å². The highest BCUT2D eigenvalue weighted by molar-refractivity contribution is 5.91. The van der Waals surface area contributed by atoms with Gasteiger partial charge in [0.05, 0.1) is 13.7 Å². The highest BCUT2D eigenvalue weighted by Gasteiger charge is 2.44. The highest BCUT2D eigenvalue weighted by atomic mass is 16.7. The van der Waals surface area contributed by atoms with Crippen molar-refractivity contribution in [2.24, 2.45) is 0 Å². The lowest BCUT2D eigenvalue weighted by atomic mass is 9.99. The summed E-state index contributed by atoms with van der Waals surface area (Å²) in [6.45, 7) is 3.24. The largest absolute Gasteiger partial charge is 0.504 e. The van der Waals surface area contributed by atoms with Gasteiger partial charge < -0.3 is 44.1 Å². The van der Waals surface area contributed by atoms with E-state index in [1.54, 1.807) is 6.07 Å². The van der Waals surface area contributed by atoms with Crippen LogP contribution in [0, 0.1) is 0 Å². The fourth-order valence-corrected chi connectivity index (χ4v) is 3.81. The fraction of sp³-hybridized carbons (Fsp3) is 0.462. The first-order valence-corrected chi connectivity index (χ1v) is 11.7. The monoisotopic (exact) mass is 520 g/mol. The van der Waals surface area contributed by atoms with Crippen LogP contribution in [0.3, 0.4) is 0 Å². The van der Waals surface area contributed by atoms with Crippen LogP contribution >= 0.6 is 0 Å². The minimum Gasteiger partial charge on any atom is -0.504 e. The lowest BCUT2D eigenvalue weighted by Crippen LogP contribution is -2.59. The van der Waals surface area contributed by atoms with Gasteiger partial charge in [-0.05, 0) is 49.8 Å². The van der Waals surface area contributed by atoms with Gasteiger partial charge >= 0.3 is 11.9 Å². The van der Waals surface area contributed by atoms with Crippen molar-refractivity contribution in [1.82, 2.24) is 0 Å². The average molecular weight is 521 g/mol. The average Bonchev–Trinajstić information content (AvgIpc) is 3.19. The molecule has 11 heteroatoms. The van der Waals surface area contributed by atoms with Gasteiger partial charge in [-0.15, -0.1) is 0 Å². The predicted molar refractivity (Wildman–Crippen MR) is 129 cm³/mol. The SMILES string of the molecule is COc1ccc(C=CC(=O)OC[C@@H]2O[C@H](OCC=C3C[C@@H](C=C(C)C)OC3=O)[C@@H](O)[C@H](O)[C@H]2O)cc1O. The fourth-order valence-electron chi connectivity index (χ4n) is 3.81. The molecule has 3 rings (SSSR count). The standard InChI is InChI=1S/C26H32O11/c1-14(2)10-17-12-16(25(32)36-17)8-9-34-26-24(31)23(30)22(29)20(37-26)13-35-21(28)7-5-15-4-6-19(33-3)18(27)11-15/h4-8,10-11,17,20,22-24,26-27,29-31H,9,12-13H2,1-3H3/t17-,20+,22+,23-,24+,26+/m1/s1. The molecule has 6 atom stereocenters. The maximum atomic E-state index is 12.1. The van der Waals surface area contributed by atoms with E-state index in [4.69, 9.17) is 23.7 Å². The van der Waals surface area contributed by atoms with Crippen molar-refractivity contribution in [3.8, 4) is 11.5 Å². The summed E-state index contributed by atoms with van der Waals surface area (Å²) in [7, 11) is 1.42. The lowest BCUT2D eigenvalue weighted by Gasteiger charge is -2.39. The molecule has 0 radical (unpaired) electrons. The third-order valence-corrected chi connectivity index (χ3v) is 5.72. The van der Waals surface area contributed by atoms with Gasteiger partial charge in [-0.2, -0.15) is 0 Å². The molecule has 202 valence electrons. The van der Waals surface area contributed by atoms with Gasteiger partial charge in [-0.3, -0.25) is 0 Å². The third-order valence-electron chi connectivity index (χ3n) is 5.72. The first kappa shape index (κ1) is 28.4. The first-order valence-electron chi connectivity index (χ1n) is 11.7. The van der Waals surface area contributed by atoms with Gasteiger partial charge in [0.25, 0.3) is 0 Å². The van der Waals surface area contributed by atoms with Gasteiger partial charge in [0.15, 0.2) is 17.8 Å². The summed E-state index contributed by atoms with van der Waals surface area (Å²) in [5.74, 6) is -1.04. The minimum atomic E-state index is -1.62. The number of carbonyl (C=O) groups excluding carboxylic acids is 2. The number of aliphatic hydroxyl groups excluding tert-OH is 3. The maximum absolute atomic E-state index is 12.1. The molecule has 2 heterocycles. The number of aliphatic hydroxyl groups is 3. The quantitative estimate of drug-likeness (QED) is 0.209. The number of rotatable bonds is 9. The number of hydrogen-bond donors (Lipinski definition) is 4. The maximum Gasteiger partial charge on any atom is 0.334 e. The topological polar surface area (TPSA) is 161 Å². The number of esters is 2. The summed E-state index contributed by atoms with van der Waals surface area (Å²) in [5, 5.41) is 40.5. The van der Waals surface area contributed by atoms with Crippen LogP contribution < -0.4 is 4.74 Å². The summed E-state index contributed by atoms with van der Waals surface area (Å²) in [6.07, 6.45) is -1.36. The normalized spacial score (nSPS) is 28.8. The van der Waals surface area contributed by atoms with Crippen LogP contribution in [0.4, 0.5) is 0 Å². The molecule has 2 aliphatic rings. The molecule has 1 aromatic rings. The number of carbonyl (C=O) groups is 2. The molecular weight excluding hydrogens is 488 g/mol. The smallest absolute Gasteiger partial charge is 0.334 e. The summed E-state index contributed by atoms with van der Waals surface area (Å²) in [4.78, 5) is 24.1. The zero-order valence-corrected chi connectivity index (χ0v) is 20.8. The summed E-state index contributed by atoms with van der Waals surface area (Å²) >= 11 is 0. The van der Waals surface area contributed by atoms with Crippen LogP contribution in [-0.2, 0) is 28.5 Å². The number of hydrogen-bond acceptors (Lipinski definition) is 11. The van der Waals surface area contributed by atoms with Crippen molar-refractivity contribution in [3.05, 3.63) is 53.1 Å². The second kappa shape index (κ2) is 12.8. The lowest BCUT2D eigenvalue weighted by molar-refractivity contribution is -0.299. The van der Waals surface area contributed by atoms with E-state index in [1.807, 2.05) is 19.9 Å². The number of phenolic OH excluding ortho intramolecular Hbond substituents is 1. The minimum absolute atomic E-state index is 0.0940. The van der Waals surface area contributed by atoms with E-state index in [9.17, 15) is 30.0 Å². The molecule has 0 aliphatic carbocycles. The number of allylic oxidation sites excluding steroid dienone is 1. The highest BCUT2D eigenvalue weighted by Crippen LogP contribution is 2.27. The van der Waals surface area contributed by atoms with Crippen LogP contribution in [-0.4, -0.2) is 89.5 Å². The van der Waals surface area contributed by atoms with E-state index in [-0.39, 0.29) is 24.2 Å². The van der Waals surface area contributed by atoms with Gasteiger partial charge in [0, 0.05) is 18.1 Å². The number of methoxy groups -OCH3 is 1. The van der Waals surface area contributed by atoms with Crippen molar-refractivity contribution in [2.45, 2.75) is 57.1 Å². The molecule has 2 aliphatic heterocycles. The summed E-state index contributed by atoms with van der Waals surface area (Å²) in [6, 6.07) is 4.56. The molecule has 37 heavy (non-hydrogen) atoms. The van der Waals surface area contributed by atoms with Crippen molar-refractivity contribution in [2.75, 3.05) is 20.3 Å². The van der Waals surface area contributed by atoms with Crippen LogP contribution in [0.25, 0.3) is 6.08 Å². The Bertz CT molecular complexity index is 1060. The number of benzene rings is 1. The predicted octanol–water partition coefficient (Wildman–Crippen LogP) is 0.989. The Morgan fingerprint density at radius 2 is 1.92 bits per heavy atom. The summed E-state index contributed by atoms with van der Waals surface area (Å²) in [5.41, 5.74) is 1.95. The van der Waals surface area contributed by atoms with E-state index in [2.05, 4.69) is 0 Å². The van der Waals surface area contributed by atoms with E-state index >= 15 is 0 Å². The third kappa shape index (κ3) is 7.63. The second-order valence-corrected chi connectivity index (χ2v) is 8.86. The molecule has 2 saturated heterocycles. The molecule has 0 unspecified atom stereocenters. The van der Waals surface area contributed by atoms with Crippen molar-refractivity contribution in [3.63, 3.8) is 0 Å². The Labute approximate surface area is 214 Å². The molecule has 0 saturated carbocycles. The Morgan fingerprint density at radius 3 is 2.59 bits per heavy atom. The second-order valence-electron chi connectivity index (χ2n) is 8.86. The van der Waals surface area contributed by atoms with Gasteiger partial charge in [0.1, 0.15) is 37.1 Å². The molecule has 0 amide bonds. The molecule has 0 aromatic heterocycles. The molecule has 0 bridgehead atoms. The Hall–Kier alpha value is -3.22. The van der Waals surface area contributed by atoms with Crippen LogP contribution in [0.5, 0.6) is 11.5 Å².